The van der Waals surface area contributed by atoms with Crippen molar-refractivity contribution in [2.24, 2.45) is 0 Å². The van der Waals surface area contributed by atoms with Gasteiger partial charge in [0.2, 0.25) is 5.91 Å². The molecule has 3 atom stereocenters. The van der Waals surface area contributed by atoms with Gasteiger partial charge in [-0.1, -0.05) is 61.0 Å². The molecule has 0 saturated carbocycles. The molecule has 39 heavy (non-hydrogen) atoms. The minimum atomic E-state index is -0.784. The number of carbonyl (C=O) groups excluding carboxylic acids is 1. The quantitative estimate of drug-likeness (QED) is 0.160. The van der Waals surface area contributed by atoms with Gasteiger partial charge in [-0.3, -0.25) is 14.7 Å². The average Bonchev–Trinajstić information content (AvgIpc) is 3.48. The lowest BCUT2D eigenvalue weighted by molar-refractivity contribution is -0.245. The van der Waals surface area contributed by atoms with Crippen molar-refractivity contribution in [2.75, 3.05) is 11.1 Å². The van der Waals surface area contributed by atoms with Crippen LogP contribution in [0.1, 0.15) is 74.0 Å². The second-order valence-electron chi connectivity index (χ2n) is 9.43. The molecule has 3 aromatic rings. The third kappa shape index (κ3) is 9.17. The van der Waals surface area contributed by atoms with Crippen molar-refractivity contribution in [3.8, 4) is 0 Å². The molecule has 0 spiro atoms. The number of hydrogen-bond donors (Lipinski definition) is 4. The maximum Gasteiger partial charge on any atom is 0.303 e. The Morgan fingerprint density at radius 2 is 1.69 bits per heavy atom. The molecular formula is C28H34N4O6S. The molecule has 0 bridgehead atoms. The SMILES string of the molecule is O=C(O)CCCCCCC(=O)Nc1ccc([C@@H]2O[C@H](CSc3ncn[nH]3)C[C@H](c3ccc(CO)cc3)O2)cc1. The second kappa shape index (κ2) is 14.8. The molecule has 1 aromatic heterocycles. The zero-order valence-corrected chi connectivity index (χ0v) is 22.4. The first kappa shape index (κ1) is 28.8. The van der Waals surface area contributed by atoms with E-state index in [0.717, 1.165) is 41.1 Å². The number of carboxylic acids is 1. The van der Waals surface area contributed by atoms with Gasteiger partial charge in [0, 0.05) is 36.3 Å². The monoisotopic (exact) mass is 554 g/mol. The number of unbranched alkanes of at least 4 members (excludes halogenated alkanes) is 3. The van der Waals surface area contributed by atoms with Gasteiger partial charge in [0.25, 0.3) is 0 Å². The van der Waals surface area contributed by atoms with Gasteiger partial charge in [0.15, 0.2) is 11.4 Å². The molecule has 4 N–H and O–H groups in total. The average molecular weight is 555 g/mol. The molecule has 0 radical (unpaired) electrons. The minimum Gasteiger partial charge on any atom is -0.481 e. The molecule has 1 aliphatic rings. The Labute approximate surface area is 231 Å². The van der Waals surface area contributed by atoms with Crippen LogP contribution in [0.5, 0.6) is 0 Å². The molecule has 208 valence electrons. The molecule has 11 heteroatoms. The van der Waals surface area contributed by atoms with E-state index in [9.17, 15) is 14.7 Å². The van der Waals surface area contributed by atoms with E-state index in [1.165, 1.54) is 18.1 Å². The summed E-state index contributed by atoms with van der Waals surface area (Å²) >= 11 is 1.54. The number of aliphatic carboxylic acids is 1. The molecule has 1 saturated heterocycles. The van der Waals surface area contributed by atoms with Crippen molar-refractivity contribution < 1.29 is 29.3 Å². The first-order valence-corrected chi connectivity index (χ1v) is 14.1. The highest BCUT2D eigenvalue weighted by molar-refractivity contribution is 7.99. The number of amides is 1. The maximum atomic E-state index is 12.3. The predicted molar refractivity (Wildman–Crippen MR) is 146 cm³/mol. The summed E-state index contributed by atoms with van der Waals surface area (Å²) in [6.45, 7) is -0.0103. The minimum absolute atomic E-state index is 0.0103. The number of aromatic amines is 1. The fourth-order valence-electron chi connectivity index (χ4n) is 4.32. The zero-order valence-electron chi connectivity index (χ0n) is 21.6. The van der Waals surface area contributed by atoms with Crippen LogP contribution in [-0.2, 0) is 25.7 Å². The van der Waals surface area contributed by atoms with Gasteiger partial charge in [-0.15, -0.1) is 0 Å². The number of nitrogens with zero attached hydrogens (tertiary/aromatic N) is 2. The van der Waals surface area contributed by atoms with Gasteiger partial charge in [-0.25, -0.2) is 4.98 Å². The molecule has 1 fully saturated rings. The highest BCUT2D eigenvalue weighted by Gasteiger charge is 2.32. The van der Waals surface area contributed by atoms with Gasteiger partial charge >= 0.3 is 5.97 Å². The molecule has 4 rings (SSSR count). The first-order chi connectivity index (χ1) is 19.0. The van der Waals surface area contributed by atoms with Crippen LogP contribution in [0.3, 0.4) is 0 Å². The molecular weight excluding hydrogens is 520 g/mol. The molecule has 0 unspecified atom stereocenters. The Balaban J connectivity index is 1.34. The third-order valence-corrected chi connectivity index (χ3v) is 7.43. The summed E-state index contributed by atoms with van der Waals surface area (Å²) in [5, 5.41) is 28.5. The van der Waals surface area contributed by atoms with Gasteiger partial charge in [0.1, 0.15) is 6.33 Å². The van der Waals surface area contributed by atoms with Crippen LogP contribution in [0.4, 0.5) is 5.69 Å². The van der Waals surface area contributed by atoms with E-state index in [4.69, 9.17) is 14.6 Å². The van der Waals surface area contributed by atoms with Crippen LogP contribution < -0.4 is 5.32 Å². The molecule has 10 nitrogen and oxygen atoms in total. The van der Waals surface area contributed by atoms with Gasteiger partial charge in [0.05, 0.1) is 18.8 Å². The van der Waals surface area contributed by atoms with Crippen molar-refractivity contribution in [1.29, 1.82) is 0 Å². The van der Waals surface area contributed by atoms with Crippen LogP contribution in [0.2, 0.25) is 0 Å². The Morgan fingerprint density at radius 1 is 0.974 bits per heavy atom. The first-order valence-electron chi connectivity index (χ1n) is 13.1. The Hall–Kier alpha value is -3.25. The van der Waals surface area contributed by atoms with E-state index < -0.39 is 12.3 Å². The topological polar surface area (TPSA) is 147 Å². The van der Waals surface area contributed by atoms with Crippen molar-refractivity contribution in [2.45, 2.75) is 75.2 Å². The van der Waals surface area contributed by atoms with E-state index in [0.29, 0.717) is 30.7 Å². The number of anilines is 1. The Morgan fingerprint density at radius 3 is 2.36 bits per heavy atom. The number of carboxylic acid groups (broad SMARTS) is 1. The van der Waals surface area contributed by atoms with Crippen molar-refractivity contribution in [3.63, 3.8) is 0 Å². The predicted octanol–water partition coefficient (Wildman–Crippen LogP) is 5.00. The highest BCUT2D eigenvalue weighted by atomic mass is 32.2. The summed E-state index contributed by atoms with van der Waals surface area (Å²) in [6.07, 6.45) is 4.83. The number of hydrogen-bond acceptors (Lipinski definition) is 8. The molecule has 2 aromatic carbocycles. The summed E-state index contributed by atoms with van der Waals surface area (Å²) in [7, 11) is 0. The lowest BCUT2D eigenvalue weighted by Gasteiger charge is -2.36. The lowest BCUT2D eigenvalue weighted by atomic mass is 10.0. The van der Waals surface area contributed by atoms with Crippen LogP contribution in [-0.4, -0.2) is 49.1 Å². The van der Waals surface area contributed by atoms with E-state index >= 15 is 0 Å². The van der Waals surface area contributed by atoms with Gasteiger partial charge in [-0.2, -0.15) is 5.10 Å². The number of benzene rings is 2. The summed E-state index contributed by atoms with van der Waals surface area (Å²) < 4.78 is 12.7. The van der Waals surface area contributed by atoms with E-state index in [2.05, 4.69) is 20.5 Å². The molecule has 2 heterocycles. The standard InChI is InChI=1S/C28H34N4O6S/c33-16-19-7-9-20(10-8-19)24-15-23(17-39-28-29-18-30-32-28)37-27(38-24)21-11-13-22(14-12-21)31-25(34)5-3-1-2-4-6-26(35)36/h7-14,18,23-24,27,33H,1-6,15-17H2,(H,31,34)(H,35,36)(H,29,30,32)/t23-,24+,27+/m0/s1. The van der Waals surface area contributed by atoms with Crippen LogP contribution in [0.25, 0.3) is 0 Å². The number of rotatable bonds is 14. The summed E-state index contributed by atoms with van der Waals surface area (Å²) in [5.41, 5.74) is 3.40. The Bertz CT molecular complexity index is 1170. The number of aliphatic hydroxyl groups excluding tert-OH is 1. The Kier molecular flexibility index (Phi) is 10.9. The largest absolute Gasteiger partial charge is 0.481 e. The van der Waals surface area contributed by atoms with Crippen molar-refractivity contribution in [1.82, 2.24) is 15.2 Å². The fourth-order valence-corrected chi connectivity index (χ4v) is 5.12. The van der Waals surface area contributed by atoms with Gasteiger partial charge < -0.3 is 25.0 Å². The van der Waals surface area contributed by atoms with Crippen LogP contribution in [0, 0.1) is 0 Å². The molecule has 1 aliphatic heterocycles. The highest BCUT2D eigenvalue weighted by Crippen LogP contribution is 2.39. The van der Waals surface area contributed by atoms with E-state index in [1.54, 1.807) is 0 Å². The lowest BCUT2D eigenvalue weighted by Crippen LogP contribution is -2.31. The van der Waals surface area contributed by atoms with Gasteiger partial charge in [-0.05, 0) is 36.1 Å². The summed E-state index contributed by atoms with van der Waals surface area (Å²) in [6, 6.07) is 15.2. The number of aromatic nitrogens is 3. The van der Waals surface area contributed by atoms with E-state index in [-0.39, 0.29) is 31.1 Å². The van der Waals surface area contributed by atoms with Crippen LogP contribution in [0.15, 0.2) is 60.0 Å². The summed E-state index contributed by atoms with van der Waals surface area (Å²) in [5.74, 6) is -0.180. The maximum absolute atomic E-state index is 12.3. The summed E-state index contributed by atoms with van der Waals surface area (Å²) in [4.78, 5) is 27.1. The van der Waals surface area contributed by atoms with Crippen molar-refractivity contribution in [3.05, 3.63) is 71.5 Å². The fraction of sp³-hybridized carbons (Fsp3) is 0.429. The second-order valence-corrected chi connectivity index (χ2v) is 10.4. The van der Waals surface area contributed by atoms with Crippen LogP contribution >= 0.6 is 11.8 Å². The third-order valence-electron chi connectivity index (χ3n) is 6.42. The number of H-pyrrole nitrogens is 1. The number of aliphatic hydroxyl groups is 1. The number of carbonyl (C=O) groups is 2. The number of thioether (sulfide) groups is 1. The number of ether oxygens (including phenoxy) is 2. The smallest absolute Gasteiger partial charge is 0.303 e. The number of nitrogens with one attached hydrogen (secondary N) is 2. The molecule has 1 amide bonds. The van der Waals surface area contributed by atoms with Crippen molar-refractivity contribution >= 4 is 29.3 Å². The normalized spacial score (nSPS) is 19.1. The van der Waals surface area contributed by atoms with E-state index in [1.807, 2.05) is 48.5 Å². The molecule has 0 aliphatic carbocycles. The zero-order chi connectivity index (χ0) is 27.5.